The van der Waals surface area contributed by atoms with Crippen LogP contribution in [0.3, 0.4) is 0 Å². The van der Waals surface area contributed by atoms with Crippen molar-refractivity contribution in [1.29, 1.82) is 0 Å². The van der Waals surface area contributed by atoms with Crippen molar-refractivity contribution in [3.63, 3.8) is 0 Å². The summed E-state index contributed by atoms with van der Waals surface area (Å²) in [5.74, 6) is -1.18. The van der Waals surface area contributed by atoms with E-state index in [4.69, 9.17) is 9.47 Å². The molecule has 12 heteroatoms. The Morgan fingerprint density at radius 1 is 0.431 bits per heavy atom. The summed E-state index contributed by atoms with van der Waals surface area (Å²) in [6.07, 6.45) is -3.12. The summed E-state index contributed by atoms with van der Waals surface area (Å²) in [7, 11) is 0. The molecule has 0 amide bonds. The van der Waals surface area contributed by atoms with Gasteiger partial charge >= 0.3 is 0 Å². The maximum absolute atomic E-state index is 10.2. The fourth-order valence-corrected chi connectivity index (χ4v) is 4.93. The number of fused-ring (bicyclic) bond motifs is 2. The van der Waals surface area contributed by atoms with Gasteiger partial charge in [0.15, 0.2) is 23.0 Å². The Morgan fingerprint density at radius 3 is 0.966 bits per heavy atom. The third kappa shape index (κ3) is 17.5. The van der Waals surface area contributed by atoms with Crippen molar-refractivity contribution in [1.82, 2.24) is 0 Å². The van der Waals surface area contributed by atoms with Crippen LogP contribution < -0.4 is 9.47 Å². The molecule has 4 unspecified atom stereocenters. The first-order chi connectivity index (χ1) is 25.9. The molecule has 58 heavy (non-hydrogen) atoms. The zero-order valence-corrected chi connectivity index (χ0v) is 34.8. The van der Waals surface area contributed by atoms with Gasteiger partial charge in [-0.3, -0.25) is 0 Å². The Kier molecular flexibility index (Phi) is 22.6. The van der Waals surface area contributed by atoms with Crippen molar-refractivity contribution in [3.8, 4) is 57.5 Å². The molecule has 0 bridgehead atoms. The van der Waals surface area contributed by atoms with Crippen LogP contribution >= 0.6 is 0 Å². The van der Waals surface area contributed by atoms with E-state index >= 15 is 0 Å². The Hall–Kier alpha value is -5.20. The summed E-state index contributed by atoms with van der Waals surface area (Å²) in [6, 6.07) is 13.3. The summed E-state index contributed by atoms with van der Waals surface area (Å²) in [5, 5.41) is 96.6. The molecular formula is C46H72O12. The zero-order valence-electron chi connectivity index (χ0n) is 34.8. The molecule has 2 aliphatic heterocycles. The Bertz CT molecular complexity index is 1680. The van der Waals surface area contributed by atoms with Crippen LogP contribution in [0.4, 0.5) is 0 Å². The molecule has 4 atom stereocenters. The molecule has 0 radical (unpaired) electrons. The van der Waals surface area contributed by atoms with Gasteiger partial charge in [-0.15, -0.1) is 0 Å². The van der Waals surface area contributed by atoms with Crippen LogP contribution in [0.5, 0.6) is 57.5 Å². The van der Waals surface area contributed by atoms with Crippen molar-refractivity contribution < 1.29 is 60.5 Å². The normalized spacial score (nSPS) is 17.2. The van der Waals surface area contributed by atoms with Crippen LogP contribution in [-0.4, -0.2) is 63.3 Å². The standard InChI is InChI=1S/2C15H14O6.2C5H12.2C2H6.2CH4/c2*16-8-4-11(18)9-6-13(20)15(21-14(9)5-8)7-1-2-10(17)12(19)3-7;2*1-5(2,3)4;2*1-2;;/h2*1-5,13,15-20H,6H2;2*1-4H3;2*1-2H3;2*1H4. The third-order valence-electron chi connectivity index (χ3n) is 7.03. The summed E-state index contributed by atoms with van der Waals surface area (Å²) >= 11 is 0. The molecule has 2 aliphatic rings. The lowest BCUT2D eigenvalue weighted by molar-refractivity contribution is 0.0196. The van der Waals surface area contributed by atoms with E-state index in [1.807, 2.05) is 27.7 Å². The van der Waals surface area contributed by atoms with Crippen molar-refractivity contribution >= 4 is 0 Å². The molecule has 328 valence electrons. The lowest BCUT2D eigenvalue weighted by Gasteiger charge is -2.31. The molecule has 10 N–H and O–H groups in total. The van der Waals surface area contributed by atoms with Gasteiger partial charge in [0.2, 0.25) is 0 Å². The van der Waals surface area contributed by atoms with Gasteiger partial charge in [0.25, 0.3) is 0 Å². The predicted octanol–water partition coefficient (Wildman–Crippen LogP) is 10.5. The van der Waals surface area contributed by atoms with Gasteiger partial charge in [-0.25, -0.2) is 0 Å². The van der Waals surface area contributed by atoms with Crippen LogP contribution in [0.15, 0.2) is 60.7 Å². The van der Waals surface area contributed by atoms with E-state index in [1.165, 1.54) is 60.7 Å². The zero-order chi connectivity index (χ0) is 43.3. The Labute approximate surface area is 346 Å². The number of aliphatic hydroxyl groups excluding tert-OH is 2. The lowest BCUT2D eigenvalue weighted by Crippen LogP contribution is -2.30. The van der Waals surface area contributed by atoms with Gasteiger partial charge in [-0.2, -0.15) is 0 Å². The SMILES string of the molecule is C.C.CC.CC.CC(C)(C)C.CC(C)(C)C.Oc1cc(O)c2c(c1)OC(c1ccc(O)c(O)c1)C(O)C2.Oc1cc(O)c2c(c1)OC(c1ccc(O)c(O)c1)C(O)C2. The predicted molar refractivity (Wildman–Crippen MR) is 232 cm³/mol. The number of hydrogen-bond acceptors (Lipinski definition) is 12. The number of aliphatic hydroxyl groups is 2. The van der Waals surface area contributed by atoms with Gasteiger partial charge in [0.1, 0.15) is 46.7 Å². The van der Waals surface area contributed by atoms with E-state index in [0.29, 0.717) is 33.1 Å². The summed E-state index contributed by atoms with van der Waals surface area (Å²) in [5.41, 5.74) is 2.79. The van der Waals surface area contributed by atoms with Crippen molar-refractivity contribution in [2.45, 2.75) is 135 Å². The summed E-state index contributed by atoms with van der Waals surface area (Å²) < 4.78 is 11.2. The number of phenolic OH excluding ortho intramolecular Hbond substituents is 8. The molecule has 2 heterocycles. The van der Waals surface area contributed by atoms with Gasteiger partial charge in [-0.05, 0) is 46.2 Å². The van der Waals surface area contributed by atoms with Crippen LogP contribution in [-0.2, 0) is 12.8 Å². The lowest BCUT2D eigenvalue weighted by atomic mass is 9.94. The second-order valence-corrected chi connectivity index (χ2v) is 16.0. The topological polar surface area (TPSA) is 221 Å². The number of aromatic hydroxyl groups is 8. The third-order valence-corrected chi connectivity index (χ3v) is 7.03. The van der Waals surface area contributed by atoms with E-state index < -0.39 is 24.4 Å². The highest BCUT2D eigenvalue weighted by Crippen LogP contribution is 2.44. The molecular weight excluding hydrogens is 744 g/mol. The maximum Gasteiger partial charge on any atom is 0.157 e. The molecule has 0 saturated carbocycles. The highest BCUT2D eigenvalue weighted by Gasteiger charge is 2.33. The Morgan fingerprint density at radius 2 is 0.707 bits per heavy atom. The smallest absolute Gasteiger partial charge is 0.157 e. The fraction of sp³-hybridized carbons (Fsp3) is 0.478. The number of benzene rings is 4. The molecule has 0 spiro atoms. The Balaban J connectivity index is 0. The minimum Gasteiger partial charge on any atom is -0.508 e. The minimum atomic E-state index is -0.933. The number of phenols is 8. The molecule has 4 aromatic carbocycles. The summed E-state index contributed by atoms with van der Waals surface area (Å²) in [6.45, 7) is 25.5. The fourth-order valence-electron chi connectivity index (χ4n) is 4.93. The first kappa shape index (κ1) is 54.9. The van der Waals surface area contributed by atoms with Crippen LogP contribution in [0, 0.1) is 10.8 Å². The average molecular weight is 817 g/mol. The van der Waals surface area contributed by atoms with Gasteiger partial charge in [-0.1, -0.05) is 110 Å². The van der Waals surface area contributed by atoms with E-state index in [9.17, 15) is 51.1 Å². The number of hydrogen-bond donors (Lipinski definition) is 10. The molecule has 12 nitrogen and oxygen atoms in total. The van der Waals surface area contributed by atoms with Gasteiger partial charge in [0.05, 0.1) is 12.2 Å². The second kappa shape index (κ2) is 23.9. The van der Waals surface area contributed by atoms with E-state index in [-0.39, 0.29) is 85.2 Å². The first-order valence-electron chi connectivity index (χ1n) is 18.7. The van der Waals surface area contributed by atoms with Crippen LogP contribution in [0.2, 0.25) is 0 Å². The van der Waals surface area contributed by atoms with Crippen LogP contribution in [0.25, 0.3) is 0 Å². The molecule has 0 aliphatic carbocycles. The quantitative estimate of drug-likeness (QED) is 0.0854. The molecule has 0 saturated heterocycles. The van der Waals surface area contributed by atoms with Crippen molar-refractivity contribution in [2.75, 3.05) is 0 Å². The molecule has 0 aromatic heterocycles. The van der Waals surface area contributed by atoms with Gasteiger partial charge < -0.3 is 60.5 Å². The van der Waals surface area contributed by atoms with Crippen molar-refractivity contribution in [2.24, 2.45) is 10.8 Å². The number of rotatable bonds is 2. The van der Waals surface area contributed by atoms with E-state index in [2.05, 4.69) is 55.4 Å². The summed E-state index contributed by atoms with van der Waals surface area (Å²) in [4.78, 5) is 0. The maximum atomic E-state index is 10.2. The molecule has 4 aromatic rings. The highest BCUT2D eigenvalue weighted by atomic mass is 16.5. The average Bonchev–Trinajstić information content (AvgIpc) is 3.08. The highest BCUT2D eigenvalue weighted by molar-refractivity contribution is 5.53. The second-order valence-electron chi connectivity index (χ2n) is 16.0. The first-order valence-corrected chi connectivity index (χ1v) is 18.7. The minimum absolute atomic E-state index is 0. The number of ether oxygens (including phenoxy) is 2. The monoisotopic (exact) mass is 817 g/mol. The van der Waals surface area contributed by atoms with E-state index in [0.717, 1.165) is 0 Å². The molecule has 0 fully saturated rings. The molecule has 6 rings (SSSR count). The largest absolute Gasteiger partial charge is 0.508 e. The van der Waals surface area contributed by atoms with E-state index in [1.54, 1.807) is 0 Å². The van der Waals surface area contributed by atoms with Crippen LogP contribution in [0.1, 0.15) is 132 Å². The van der Waals surface area contributed by atoms with Crippen molar-refractivity contribution in [3.05, 3.63) is 82.9 Å². The van der Waals surface area contributed by atoms with Gasteiger partial charge in [0, 0.05) is 48.2 Å².